The van der Waals surface area contributed by atoms with Crippen LogP contribution in [0.5, 0.6) is 0 Å². The molecule has 0 saturated carbocycles. The Morgan fingerprint density at radius 2 is 1.63 bits per heavy atom. The van der Waals surface area contributed by atoms with E-state index >= 15 is 0 Å². The average molecular weight is 391 g/mol. The topological polar surface area (TPSA) is 119 Å². The minimum absolute atomic E-state index is 0.00760. The second-order valence-corrected chi connectivity index (χ2v) is 7.54. The van der Waals surface area contributed by atoms with Gasteiger partial charge in [-0.1, -0.05) is 12.1 Å². The number of nitrogens with one attached hydrogen (secondary N) is 1. The predicted molar refractivity (Wildman–Crippen MR) is 101 cm³/mol. The lowest BCUT2D eigenvalue weighted by Gasteiger charge is -2.12. The SMILES string of the molecule is CN(C)c1ccc(C(=O)OCC(=O)NCc2ccc(S(N)(=O)=O)cc2)cc1. The van der Waals surface area contributed by atoms with Gasteiger partial charge in [-0.25, -0.2) is 18.4 Å². The van der Waals surface area contributed by atoms with Crippen LogP contribution in [0.3, 0.4) is 0 Å². The Balaban J connectivity index is 1.81. The number of rotatable bonds is 7. The lowest BCUT2D eigenvalue weighted by molar-refractivity contribution is -0.124. The normalized spacial score (nSPS) is 10.9. The van der Waals surface area contributed by atoms with Gasteiger partial charge in [-0.3, -0.25) is 4.79 Å². The fraction of sp³-hybridized carbons (Fsp3) is 0.222. The number of esters is 1. The Morgan fingerprint density at radius 3 is 2.15 bits per heavy atom. The van der Waals surface area contributed by atoms with Crippen LogP contribution in [0.2, 0.25) is 0 Å². The van der Waals surface area contributed by atoms with E-state index in [1.165, 1.54) is 12.1 Å². The first-order valence-electron chi connectivity index (χ1n) is 8.00. The minimum atomic E-state index is -3.75. The van der Waals surface area contributed by atoms with Crippen molar-refractivity contribution in [2.24, 2.45) is 5.14 Å². The third kappa shape index (κ3) is 6.08. The molecule has 0 radical (unpaired) electrons. The molecule has 9 heteroatoms. The van der Waals surface area contributed by atoms with E-state index in [4.69, 9.17) is 9.88 Å². The van der Waals surface area contributed by atoms with Crippen molar-refractivity contribution in [2.75, 3.05) is 25.6 Å². The van der Waals surface area contributed by atoms with E-state index in [2.05, 4.69) is 5.32 Å². The van der Waals surface area contributed by atoms with Crippen LogP contribution >= 0.6 is 0 Å². The molecular formula is C18H21N3O5S. The van der Waals surface area contributed by atoms with Gasteiger partial charge in [-0.2, -0.15) is 0 Å². The molecule has 27 heavy (non-hydrogen) atoms. The van der Waals surface area contributed by atoms with Gasteiger partial charge in [0.15, 0.2) is 6.61 Å². The molecule has 8 nitrogen and oxygen atoms in total. The highest BCUT2D eigenvalue weighted by molar-refractivity contribution is 7.89. The molecule has 2 aromatic carbocycles. The standard InChI is InChI=1S/C18H21N3O5S/c1-21(2)15-7-5-14(6-8-15)18(23)26-12-17(22)20-11-13-3-9-16(10-4-13)27(19,24)25/h3-10H,11-12H2,1-2H3,(H,20,22)(H2,19,24,25). The number of carbonyl (C=O) groups excluding carboxylic acids is 2. The highest BCUT2D eigenvalue weighted by Crippen LogP contribution is 2.13. The minimum Gasteiger partial charge on any atom is -0.452 e. The van der Waals surface area contributed by atoms with E-state index in [0.29, 0.717) is 11.1 Å². The van der Waals surface area contributed by atoms with Crippen LogP contribution in [0, 0.1) is 0 Å². The molecule has 0 bridgehead atoms. The number of nitrogens with two attached hydrogens (primary N) is 1. The summed E-state index contributed by atoms with van der Waals surface area (Å²) in [6.45, 7) is -0.248. The van der Waals surface area contributed by atoms with E-state index in [1.54, 1.807) is 36.4 Å². The van der Waals surface area contributed by atoms with Gasteiger partial charge in [0, 0.05) is 26.3 Å². The number of ether oxygens (including phenoxy) is 1. The summed E-state index contributed by atoms with van der Waals surface area (Å²) >= 11 is 0. The molecule has 0 aliphatic rings. The molecule has 3 N–H and O–H groups in total. The van der Waals surface area contributed by atoms with Gasteiger partial charge in [0.2, 0.25) is 10.0 Å². The van der Waals surface area contributed by atoms with Gasteiger partial charge in [-0.15, -0.1) is 0 Å². The molecule has 0 atom stereocenters. The summed E-state index contributed by atoms with van der Waals surface area (Å²) in [5.74, 6) is -1.06. The molecule has 2 rings (SSSR count). The van der Waals surface area contributed by atoms with Gasteiger partial charge in [-0.05, 0) is 42.0 Å². The van der Waals surface area contributed by atoms with Gasteiger partial charge in [0.05, 0.1) is 10.5 Å². The molecule has 1 amide bonds. The molecule has 0 heterocycles. The summed E-state index contributed by atoms with van der Waals surface area (Å²) in [5.41, 5.74) is 1.98. The van der Waals surface area contributed by atoms with Crippen LogP contribution in [0.4, 0.5) is 5.69 Å². The van der Waals surface area contributed by atoms with Crippen molar-refractivity contribution in [3.05, 3.63) is 59.7 Å². The van der Waals surface area contributed by atoms with Crippen molar-refractivity contribution in [1.29, 1.82) is 0 Å². The third-order valence-corrected chi connectivity index (χ3v) is 4.62. The summed E-state index contributed by atoms with van der Waals surface area (Å²) in [6, 6.07) is 12.6. The van der Waals surface area contributed by atoms with Gasteiger partial charge in [0.1, 0.15) is 0 Å². The van der Waals surface area contributed by atoms with Crippen molar-refractivity contribution in [3.8, 4) is 0 Å². The highest BCUT2D eigenvalue weighted by atomic mass is 32.2. The second kappa shape index (κ2) is 8.65. The average Bonchev–Trinajstić information content (AvgIpc) is 2.64. The second-order valence-electron chi connectivity index (χ2n) is 5.98. The fourth-order valence-corrected chi connectivity index (χ4v) is 2.67. The first-order valence-corrected chi connectivity index (χ1v) is 9.54. The number of hydrogen-bond donors (Lipinski definition) is 2. The maximum absolute atomic E-state index is 12.0. The number of primary sulfonamides is 1. The first-order chi connectivity index (χ1) is 12.7. The number of anilines is 1. The number of benzene rings is 2. The molecule has 0 fully saturated rings. The Bertz CT molecular complexity index is 907. The molecule has 0 unspecified atom stereocenters. The van der Waals surface area contributed by atoms with Crippen LogP contribution in [-0.2, 0) is 26.1 Å². The number of sulfonamides is 1. The van der Waals surface area contributed by atoms with Crippen molar-refractivity contribution in [1.82, 2.24) is 5.32 Å². The van der Waals surface area contributed by atoms with E-state index in [1.807, 2.05) is 19.0 Å². The predicted octanol–water partition coefficient (Wildman–Crippen LogP) is 0.873. The summed E-state index contributed by atoms with van der Waals surface area (Å²) < 4.78 is 27.4. The van der Waals surface area contributed by atoms with E-state index in [0.717, 1.165) is 5.69 Å². The summed E-state index contributed by atoms with van der Waals surface area (Å²) in [7, 11) is 0.0276. The monoisotopic (exact) mass is 391 g/mol. The van der Waals surface area contributed by atoms with Crippen LogP contribution < -0.4 is 15.4 Å². The Morgan fingerprint density at radius 1 is 1.04 bits per heavy atom. The lowest BCUT2D eigenvalue weighted by atomic mass is 10.2. The third-order valence-electron chi connectivity index (χ3n) is 3.70. The van der Waals surface area contributed by atoms with E-state index in [-0.39, 0.29) is 11.4 Å². The van der Waals surface area contributed by atoms with Gasteiger partial charge in [0.25, 0.3) is 5.91 Å². The van der Waals surface area contributed by atoms with E-state index in [9.17, 15) is 18.0 Å². The molecule has 0 spiro atoms. The molecule has 144 valence electrons. The van der Waals surface area contributed by atoms with Crippen LogP contribution in [0.1, 0.15) is 15.9 Å². The number of hydrogen-bond acceptors (Lipinski definition) is 6. The van der Waals surface area contributed by atoms with Crippen LogP contribution in [-0.4, -0.2) is 41.0 Å². The first kappa shape index (κ1) is 20.4. The van der Waals surface area contributed by atoms with Gasteiger partial charge >= 0.3 is 5.97 Å². The van der Waals surface area contributed by atoms with Crippen molar-refractivity contribution in [3.63, 3.8) is 0 Å². The molecule has 0 saturated heterocycles. The fourth-order valence-electron chi connectivity index (χ4n) is 2.16. The van der Waals surface area contributed by atoms with Crippen molar-refractivity contribution >= 4 is 27.6 Å². The molecule has 0 aliphatic carbocycles. The largest absolute Gasteiger partial charge is 0.452 e. The zero-order chi connectivity index (χ0) is 20.0. The Kier molecular flexibility index (Phi) is 6.54. The molecular weight excluding hydrogens is 370 g/mol. The maximum Gasteiger partial charge on any atom is 0.338 e. The highest BCUT2D eigenvalue weighted by Gasteiger charge is 2.11. The number of amides is 1. The molecule has 2 aromatic rings. The van der Waals surface area contributed by atoms with Crippen LogP contribution in [0.25, 0.3) is 0 Å². The summed E-state index contributed by atoms with van der Waals surface area (Å²) in [5, 5.41) is 7.60. The molecule has 0 aliphatic heterocycles. The Hall–Kier alpha value is -2.91. The Labute approximate surface area is 158 Å². The quantitative estimate of drug-likeness (QED) is 0.676. The smallest absolute Gasteiger partial charge is 0.338 e. The zero-order valence-electron chi connectivity index (χ0n) is 15.0. The maximum atomic E-state index is 12.0. The summed E-state index contributed by atoms with van der Waals surface area (Å²) in [6.07, 6.45) is 0. The lowest BCUT2D eigenvalue weighted by Crippen LogP contribution is -2.28. The van der Waals surface area contributed by atoms with Crippen LogP contribution in [0.15, 0.2) is 53.4 Å². The number of nitrogens with zero attached hydrogens (tertiary/aromatic N) is 1. The van der Waals surface area contributed by atoms with E-state index < -0.39 is 28.5 Å². The summed E-state index contributed by atoms with van der Waals surface area (Å²) in [4.78, 5) is 25.7. The van der Waals surface area contributed by atoms with Gasteiger partial charge < -0.3 is 15.0 Å². The zero-order valence-corrected chi connectivity index (χ0v) is 15.8. The number of carbonyl (C=O) groups is 2. The molecule has 0 aromatic heterocycles. The van der Waals surface area contributed by atoms with Crippen molar-refractivity contribution in [2.45, 2.75) is 11.4 Å². The van der Waals surface area contributed by atoms with Crippen molar-refractivity contribution < 1.29 is 22.7 Å².